The van der Waals surface area contributed by atoms with Crippen LogP contribution in [0.4, 0.5) is 5.69 Å². The molecule has 0 aromatic heterocycles. The van der Waals surface area contributed by atoms with Crippen LogP contribution in [0, 0.1) is 0 Å². The first kappa shape index (κ1) is 23.2. The minimum absolute atomic E-state index is 0.116. The summed E-state index contributed by atoms with van der Waals surface area (Å²) in [6, 6.07) is 13.5. The summed E-state index contributed by atoms with van der Waals surface area (Å²) in [5, 5.41) is 2.78. The topological polar surface area (TPSA) is 89.5 Å². The molecule has 3 aliphatic rings. The number of anilines is 1. The van der Waals surface area contributed by atoms with Crippen molar-refractivity contribution in [1.82, 2.24) is 4.90 Å². The van der Waals surface area contributed by atoms with Crippen LogP contribution in [0.15, 0.2) is 47.5 Å². The number of hydrogen-bond acceptors (Lipinski definition) is 6. The number of amides is 2. The third-order valence-corrected chi connectivity index (χ3v) is 6.83. The molecule has 2 aromatic carbocycles. The molecular formula is C27H31N3O5. The number of methoxy groups -OCH3 is 1. The highest BCUT2D eigenvalue weighted by Gasteiger charge is 2.31. The van der Waals surface area contributed by atoms with Crippen molar-refractivity contribution in [1.29, 1.82) is 0 Å². The zero-order valence-corrected chi connectivity index (χ0v) is 20.0. The van der Waals surface area contributed by atoms with Gasteiger partial charge in [0.1, 0.15) is 6.61 Å². The summed E-state index contributed by atoms with van der Waals surface area (Å²) in [5.41, 5.74) is 2.77. The summed E-state index contributed by atoms with van der Waals surface area (Å²) in [5.74, 6) is 1.54. The molecule has 184 valence electrons. The Morgan fingerprint density at radius 2 is 1.94 bits per heavy atom. The average Bonchev–Trinajstić information content (AvgIpc) is 3.64. The number of benzene rings is 2. The predicted octanol–water partition coefficient (Wildman–Crippen LogP) is 3.90. The van der Waals surface area contributed by atoms with Crippen molar-refractivity contribution in [2.24, 2.45) is 4.99 Å². The van der Waals surface area contributed by atoms with Crippen LogP contribution in [0.2, 0.25) is 0 Å². The smallest absolute Gasteiger partial charge is 0.310 e. The Morgan fingerprint density at radius 3 is 2.66 bits per heavy atom. The number of nitrogens with one attached hydrogen (secondary N) is 1. The Bertz CT molecular complexity index is 1110. The molecule has 1 saturated carbocycles. The summed E-state index contributed by atoms with van der Waals surface area (Å²) < 4.78 is 17.0. The number of ether oxygens (including phenoxy) is 3. The molecule has 0 spiro atoms. The Hall–Kier alpha value is -3.55. The average molecular weight is 478 g/mol. The molecule has 0 bridgehead atoms. The van der Waals surface area contributed by atoms with Crippen LogP contribution in [-0.4, -0.2) is 55.5 Å². The lowest BCUT2D eigenvalue weighted by molar-refractivity contribution is -0.128. The van der Waals surface area contributed by atoms with Crippen molar-refractivity contribution >= 4 is 23.4 Å². The molecule has 2 heterocycles. The van der Waals surface area contributed by atoms with Gasteiger partial charge >= 0.3 is 5.91 Å². The molecule has 1 unspecified atom stereocenters. The molecule has 35 heavy (non-hydrogen) atoms. The number of nitrogens with zero attached hydrogens (tertiary/aromatic N) is 2. The lowest BCUT2D eigenvalue weighted by Crippen LogP contribution is -2.24. The first-order valence-corrected chi connectivity index (χ1v) is 12.3. The van der Waals surface area contributed by atoms with E-state index in [2.05, 4.69) is 16.4 Å². The lowest BCUT2D eigenvalue weighted by atomic mass is 9.98. The van der Waals surface area contributed by atoms with E-state index >= 15 is 0 Å². The summed E-state index contributed by atoms with van der Waals surface area (Å²) in [7, 11) is 1.66. The number of carbonyl (C=O) groups is 2. The third-order valence-electron chi connectivity index (χ3n) is 6.83. The Labute approximate surface area is 205 Å². The van der Waals surface area contributed by atoms with Crippen LogP contribution in [0.3, 0.4) is 0 Å². The van der Waals surface area contributed by atoms with Crippen molar-refractivity contribution in [2.75, 3.05) is 32.1 Å². The fraction of sp³-hybridized carbons (Fsp3) is 0.444. The van der Waals surface area contributed by atoms with Crippen LogP contribution in [0.5, 0.6) is 11.5 Å². The van der Waals surface area contributed by atoms with Crippen molar-refractivity contribution in [3.63, 3.8) is 0 Å². The van der Waals surface area contributed by atoms with Crippen LogP contribution in [0.25, 0.3) is 0 Å². The summed E-state index contributed by atoms with van der Waals surface area (Å²) in [4.78, 5) is 30.8. The molecule has 2 amide bonds. The van der Waals surface area contributed by atoms with E-state index in [9.17, 15) is 9.59 Å². The quantitative estimate of drug-likeness (QED) is 0.623. The maximum absolute atomic E-state index is 12.8. The molecule has 2 fully saturated rings. The summed E-state index contributed by atoms with van der Waals surface area (Å²) in [6.45, 7) is 2.14. The molecule has 2 aliphatic heterocycles. The van der Waals surface area contributed by atoms with Gasteiger partial charge < -0.3 is 24.4 Å². The fourth-order valence-corrected chi connectivity index (χ4v) is 4.94. The van der Waals surface area contributed by atoms with Gasteiger partial charge in [-0.2, -0.15) is 0 Å². The van der Waals surface area contributed by atoms with Crippen molar-refractivity contribution < 1.29 is 23.8 Å². The zero-order chi connectivity index (χ0) is 24.2. The van der Waals surface area contributed by atoms with Gasteiger partial charge in [-0.15, -0.1) is 0 Å². The van der Waals surface area contributed by atoms with E-state index < -0.39 is 0 Å². The first-order valence-electron chi connectivity index (χ1n) is 12.3. The van der Waals surface area contributed by atoms with Crippen molar-refractivity contribution in [3.8, 4) is 11.5 Å². The highest BCUT2D eigenvalue weighted by atomic mass is 16.5. The molecule has 8 heteroatoms. The van der Waals surface area contributed by atoms with Gasteiger partial charge in [-0.05, 0) is 61.1 Å². The standard InChI is InChI=1S/C27H31N3O5/c1-33-23-11-8-19(14-24(23)35-22-4-2-3-5-22)20-15-25(31)30(17-20)16-18-6-9-21(10-7-18)29-26(32)27-28-12-13-34-27/h6-11,14,20,22H,2-5,12-13,15-17H2,1H3,(H,29,32). The van der Waals surface area contributed by atoms with Crippen LogP contribution >= 0.6 is 0 Å². The summed E-state index contributed by atoms with van der Waals surface area (Å²) >= 11 is 0. The largest absolute Gasteiger partial charge is 0.493 e. The first-order chi connectivity index (χ1) is 17.1. The van der Waals surface area contributed by atoms with Crippen LogP contribution in [0.1, 0.15) is 49.1 Å². The fourth-order valence-electron chi connectivity index (χ4n) is 4.94. The van der Waals surface area contributed by atoms with Gasteiger partial charge in [0.05, 0.1) is 19.8 Å². The van der Waals surface area contributed by atoms with E-state index in [-0.39, 0.29) is 29.7 Å². The second-order valence-electron chi connectivity index (χ2n) is 9.30. The van der Waals surface area contributed by atoms with E-state index in [1.54, 1.807) is 7.11 Å². The van der Waals surface area contributed by atoms with Gasteiger partial charge in [0.2, 0.25) is 5.91 Å². The highest BCUT2D eigenvalue weighted by Crippen LogP contribution is 2.37. The number of likely N-dealkylation sites (tertiary alicyclic amines) is 1. The predicted molar refractivity (Wildman–Crippen MR) is 132 cm³/mol. The second kappa shape index (κ2) is 10.4. The number of rotatable bonds is 8. The molecule has 1 aliphatic carbocycles. The van der Waals surface area contributed by atoms with Gasteiger partial charge in [0, 0.05) is 31.1 Å². The van der Waals surface area contributed by atoms with Crippen molar-refractivity contribution in [2.45, 2.75) is 50.7 Å². The molecule has 1 saturated heterocycles. The van der Waals surface area contributed by atoms with Gasteiger partial charge in [0.25, 0.3) is 5.90 Å². The maximum Gasteiger partial charge on any atom is 0.310 e. The number of aliphatic imine (C=N–C) groups is 1. The molecule has 2 aromatic rings. The molecule has 5 rings (SSSR count). The Balaban J connectivity index is 1.21. The minimum atomic E-state index is -0.344. The highest BCUT2D eigenvalue weighted by molar-refractivity contribution is 6.40. The monoisotopic (exact) mass is 477 g/mol. The zero-order valence-electron chi connectivity index (χ0n) is 20.0. The van der Waals surface area contributed by atoms with E-state index in [4.69, 9.17) is 14.2 Å². The van der Waals surface area contributed by atoms with Crippen LogP contribution in [-0.2, 0) is 20.9 Å². The van der Waals surface area contributed by atoms with E-state index in [1.807, 2.05) is 41.3 Å². The molecule has 8 nitrogen and oxygen atoms in total. The SMILES string of the molecule is COc1ccc(C2CC(=O)N(Cc3ccc(NC(=O)C4=NCCO4)cc3)C2)cc1OC1CCCC1. The summed E-state index contributed by atoms with van der Waals surface area (Å²) in [6.07, 6.45) is 5.28. The lowest BCUT2D eigenvalue weighted by Gasteiger charge is -2.19. The second-order valence-corrected chi connectivity index (χ2v) is 9.30. The van der Waals surface area contributed by atoms with Gasteiger partial charge in [-0.1, -0.05) is 18.2 Å². The number of hydrogen-bond donors (Lipinski definition) is 1. The normalized spacial score (nSPS) is 20.0. The number of carbonyl (C=O) groups excluding carboxylic acids is 2. The Kier molecular flexibility index (Phi) is 6.88. The van der Waals surface area contributed by atoms with Gasteiger partial charge in [-0.25, -0.2) is 4.99 Å². The molecule has 1 atom stereocenters. The molecule has 0 radical (unpaired) electrons. The molecular weight excluding hydrogens is 446 g/mol. The van der Waals surface area contributed by atoms with E-state index in [0.29, 0.717) is 38.3 Å². The van der Waals surface area contributed by atoms with E-state index in [1.165, 1.54) is 12.8 Å². The maximum atomic E-state index is 12.8. The van der Waals surface area contributed by atoms with Gasteiger partial charge in [-0.3, -0.25) is 9.59 Å². The van der Waals surface area contributed by atoms with E-state index in [0.717, 1.165) is 35.5 Å². The van der Waals surface area contributed by atoms with Crippen molar-refractivity contribution in [3.05, 3.63) is 53.6 Å². The molecule has 1 N–H and O–H groups in total. The third kappa shape index (κ3) is 5.42. The van der Waals surface area contributed by atoms with Gasteiger partial charge in [0.15, 0.2) is 11.5 Å². The minimum Gasteiger partial charge on any atom is -0.493 e. The van der Waals surface area contributed by atoms with Crippen LogP contribution < -0.4 is 14.8 Å². The Morgan fingerprint density at radius 1 is 1.14 bits per heavy atom.